The van der Waals surface area contributed by atoms with E-state index in [9.17, 15) is 0 Å². The standard InChI is InChI=1S/C9H9NO2S2/c1-11-8(13)6-4-3-5-7(10-6)9(14)12-2/h3-5H,1-2H3. The van der Waals surface area contributed by atoms with E-state index in [0.29, 0.717) is 21.5 Å². The van der Waals surface area contributed by atoms with Crippen molar-refractivity contribution in [2.75, 3.05) is 14.2 Å². The predicted octanol–water partition coefficient (Wildman–Crippen LogP) is 1.73. The number of aromatic nitrogens is 1. The van der Waals surface area contributed by atoms with Gasteiger partial charge in [0.05, 0.1) is 14.2 Å². The molecule has 0 N–H and O–H groups in total. The Morgan fingerprint density at radius 1 is 1.07 bits per heavy atom. The van der Waals surface area contributed by atoms with Gasteiger partial charge in [-0.25, -0.2) is 4.98 Å². The summed E-state index contributed by atoms with van der Waals surface area (Å²) < 4.78 is 9.78. The summed E-state index contributed by atoms with van der Waals surface area (Å²) in [4.78, 5) is 4.18. The molecule has 0 bridgehead atoms. The van der Waals surface area contributed by atoms with Gasteiger partial charge in [0, 0.05) is 0 Å². The molecule has 1 aromatic heterocycles. The quantitative estimate of drug-likeness (QED) is 0.718. The Kier molecular flexibility index (Phi) is 3.91. The van der Waals surface area contributed by atoms with Crippen molar-refractivity contribution in [2.24, 2.45) is 0 Å². The van der Waals surface area contributed by atoms with Crippen LogP contribution in [0.15, 0.2) is 18.2 Å². The van der Waals surface area contributed by atoms with Crippen molar-refractivity contribution in [1.82, 2.24) is 4.98 Å². The molecule has 0 saturated heterocycles. The molecule has 1 heterocycles. The highest BCUT2D eigenvalue weighted by atomic mass is 32.1. The molecule has 74 valence electrons. The minimum Gasteiger partial charge on any atom is -0.485 e. The number of ether oxygens (including phenoxy) is 2. The Labute approximate surface area is 93.1 Å². The molecule has 0 saturated carbocycles. The van der Waals surface area contributed by atoms with E-state index in [1.807, 2.05) is 0 Å². The topological polar surface area (TPSA) is 31.4 Å². The molecule has 0 fully saturated rings. The third kappa shape index (κ3) is 2.46. The highest BCUT2D eigenvalue weighted by Gasteiger charge is 2.06. The Bertz CT molecular complexity index is 334. The molecule has 0 unspecified atom stereocenters. The highest BCUT2D eigenvalue weighted by molar-refractivity contribution is 7.80. The third-order valence-corrected chi connectivity index (χ3v) is 2.29. The molecule has 1 rings (SSSR count). The molecule has 0 amide bonds. The van der Waals surface area contributed by atoms with Gasteiger partial charge < -0.3 is 9.47 Å². The van der Waals surface area contributed by atoms with Crippen molar-refractivity contribution < 1.29 is 9.47 Å². The van der Waals surface area contributed by atoms with Crippen LogP contribution in [0.3, 0.4) is 0 Å². The summed E-state index contributed by atoms with van der Waals surface area (Å²) in [6.07, 6.45) is 0. The minimum atomic E-state index is 0.339. The number of hydrogen-bond donors (Lipinski definition) is 0. The maximum atomic E-state index is 4.94. The first-order chi connectivity index (χ1) is 6.69. The van der Waals surface area contributed by atoms with E-state index in [1.54, 1.807) is 18.2 Å². The van der Waals surface area contributed by atoms with Crippen LogP contribution in [0.2, 0.25) is 0 Å². The molecule has 14 heavy (non-hydrogen) atoms. The van der Waals surface area contributed by atoms with Crippen molar-refractivity contribution >= 4 is 34.5 Å². The summed E-state index contributed by atoms with van der Waals surface area (Å²) in [5.74, 6) is 0. The Morgan fingerprint density at radius 3 is 1.86 bits per heavy atom. The lowest BCUT2D eigenvalue weighted by Gasteiger charge is -2.04. The summed E-state index contributed by atoms with van der Waals surface area (Å²) in [5, 5.41) is 0.677. The number of rotatable bonds is 2. The van der Waals surface area contributed by atoms with Gasteiger partial charge in [0.25, 0.3) is 0 Å². The summed E-state index contributed by atoms with van der Waals surface area (Å²) >= 11 is 9.87. The third-order valence-electron chi connectivity index (χ3n) is 1.54. The van der Waals surface area contributed by atoms with Crippen LogP contribution in [0.25, 0.3) is 0 Å². The lowest BCUT2D eigenvalue weighted by Crippen LogP contribution is -2.08. The van der Waals surface area contributed by atoms with Gasteiger partial charge in [0.15, 0.2) is 0 Å². The van der Waals surface area contributed by atoms with E-state index in [-0.39, 0.29) is 0 Å². The smallest absolute Gasteiger partial charge is 0.209 e. The second kappa shape index (κ2) is 4.97. The fraction of sp³-hybridized carbons (Fsp3) is 0.222. The van der Waals surface area contributed by atoms with Gasteiger partial charge in [-0.15, -0.1) is 0 Å². The van der Waals surface area contributed by atoms with Crippen LogP contribution in [-0.2, 0) is 9.47 Å². The van der Waals surface area contributed by atoms with Crippen LogP contribution in [-0.4, -0.2) is 29.3 Å². The van der Waals surface area contributed by atoms with Crippen molar-refractivity contribution in [1.29, 1.82) is 0 Å². The molecular formula is C9H9NO2S2. The molecular weight excluding hydrogens is 218 g/mol. The molecule has 0 aliphatic rings. The Hall–Kier alpha value is -1.07. The fourth-order valence-corrected chi connectivity index (χ4v) is 1.10. The number of pyridine rings is 1. The van der Waals surface area contributed by atoms with Gasteiger partial charge in [-0.05, 0) is 36.6 Å². The molecule has 1 aromatic rings. The van der Waals surface area contributed by atoms with E-state index in [0.717, 1.165) is 0 Å². The number of thiocarbonyl (C=S) groups is 2. The molecule has 3 nitrogen and oxygen atoms in total. The second-order valence-electron chi connectivity index (χ2n) is 2.39. The SMILES string of the molecule is COC(=S)c1cccc(C(=S)OC)n1. The van der Waals surface area contributed by atoms with Gasteiger partial charge in [-0.1, -0.05) is 6.07 Å². The monoisotopic (exact) mass is 227 g/mol. The summed E-state index contributed by atoms with van der Waals surface area (Å²) in [6.45, 7) is 0. The molecule has 0 aromatic carbocycles. The zero-order chi connectivity index (χ0) is 10.6. The number of methoxy groups -OCH3 is 2. The first kappa shape index (κ1) is 11.0. The largest absolute Gasteiger partial charge is 0.485 e. The normalized spacial score (nSPS) is 9.29. The highest BCUT2D eigenvalue weighted by Crippen LogP contribution is 2.04. The molecule has 0 aliphatic carbocycles. The minimum absolute atomic E-state index is 0.339. The van der Waals surface area contributed by atoms with Crippen molar-refractivity contribution in [2.45, 2.75) is 0 Å². The van der Waals surface area contributed by atoms with Crippen LogP contribution in [0, 0.1) is 0 Å². The van der Waals surface area contributed by atoms with Gasteiger partial charge in [-0.3, -0.25) is 0 Å². The molecule has 0 radical (unpaired) electrons. The lowest BCUT2D eigenvalue weighted by molar-refractivity contribution is 0.411. The molecule has 0 atom stereocenters. The van der Waals surface area contributed by atoms with E-state index in [4.69, 9.17) is 33.9 Å². The average molecular weight is 227 g/mol. The number of nitrogens with zero attached hydrogens (tertiary/aromatic N) is 1. The zero-order valence-corrected chi connectivity index (χ0v) is 9.45. The Morgan fingerprint density at radius 2 is 1.50 bits per heavy atom. The van der Waals surface area contributed by atoms with Gasteiger partial charge in [-0.2, -0.15) is 0 Å². The van der Waals surface area contributed by atoms with Gasteiger partial charge in [0.2, 0.25) is 10.1 Å². The van der Waals surface area contributed by atoms with Gasteiger partial charge in [0.1, 0.15) is 11.4 Å². The van der Waals surface area contributed by atoms with Crippen LogP contribution in [0.1, 0.15) is 11.4 Å². The maximum Gasteiger partial charge on any atom is 0.209 e. The second-order valence-corrected chi connectivity index (χ2v) is 3.13. The number of hydrogen-bond acceptors (Lipinski definition) is 5. The Balaban J connectivity index is 3.01. The summed E-state index contributed by atoms with van der Waals surface area (Å²) in [5.41, 5.74) is 1.17. The average Bonchev–Trinajstić information content (AvgIpc) is 2.27. The lowest BCUT2D eigenvalue weighted by atomic mass is 10.3. The first-order valence-electron chi connectivity index (χ1n) is 3.82. The van der Waals surface area contributed by atoms with Crippen LogP contribution in [0.5, 0.6) is 0 Å². The van der Waals surface area contributed by atoms with Crippen molar-refractivity contribution in [3.8, 4) is 0 Å². The molecule has 5 heteroatoms. The maximum absolute atomic E-state index is 4.94. The van der Waals surface area contributed by atoms with Crippen molar-refractivity contribution in [3.05, 3.63) is 29.6 Å². The van der Waals surface area contributed by atoms with Crippen LogP contribution < -0.4 is 0 Å². The van der Waals surface area contributed by atoms with E-state index >= 15 is 0 Å². The van der Waals surface area contributed by atoms with Crippen molar-refractivity contribution in [3.63, 3.8) is 0 Å². The summed E-state index contributed by atoms with van der Waals surface area (Å²) in [6, 6.07) is 5.32. The van der Waals surface area contributed by atoms with Crippen LogP contribution >= 0.6 is 24.4 Å². The fourth-order valence-electron chi connectivity index (χ4n) is 0.871. The van der Waals surface area contributed by atoms with Gasteiger partial charge >= 0.3 is 0 Å². The van der Waals surface area contributed by atoms with Crippen LogP contribution in [0.4, 0.5) is 0 Å². The summed E-state index contributed by atoms with van der Waals surface area (Å²) in [7, 11) is 3.01. The zero-order valence-electron chi connectivity index (χ0n) is 7.81. The molecule has 0 spiro atoms. The predicted molar refractivity (Wildman–Crippen MR) is 61.7 cm³/mol. The van der Waals surface area contributed by atoms with E-state index in [2.05, 4.69) is 4.98 Å². The molecule has 0 aliphatic heterocycles. The first-order valence-corrected chi connectivity index (χ1v) is 4.64. The van der Waals surface area contributed by atoms with E-state index in [1.165, 1.54) is 14.2 Å². The van der Waals surface area contributed by atoms with E-state index < -0.39 is 0 Å².